The third kappa shape index (κ3) is 2.65. The highest BCUT2D eigenvalue weighted by atomic mass is 19.4. The molecule has 0 fully saturated rings. The molecule has 2 aromatic carbocycles. The van der Waals surface area contributed by atoms with E-state index < -0.39 is 11.7 Å². The van der Waals surface area contributed by atoms with Crippen molar-refractivity contribution >= 4 is 16.6 Å². The van der Waals surface area contributed by atoms with E-state index in [1.165, 1.54) is 18.5 Å². The number of nitrogens with zero attached hydrogens (tertiary/aromatic N) is 4. The van der Waals surface area contributed by atoms with E-state index in [0.29, 0.717) is 33.7 Å². The SMILES string of the molecule is Nc1cccc2c1c(-c1ccncn1)nn2-c1ccc(C(F)(F)F)cc1. The molecule has 2 aromatic heterocycles. The number of anilines is 1. The Labute approximate surface area is 145 Å². The Morgan fingerprint density at radius 1 is 0.962 bits per heavy atom. The second kappa shape index (κ2) is 5.83. The Hall–Kier alpha value is -3.42. The Morgan fingerprint density at radius 3 is 2.38 bits per heavy atom. The molecule has 4 rings (SSSR count). The van der Waals surface area contributed by atoms with Crippen LogP contribution >= 0.6 is 0 Å². The number of nitrogens with two attached hydrogens (primary N) is 1. The molecule has 0 radical (unpaired) electrons. The Bertz CT molecular complexity index is 1070. The molecule has 26 heavy (non-hydrogen) atoms. The van der Waals surface area contributed by atoms with Gasteiger partial charge in [0.25, 0.3) is 0 Å². The Kier molecular flexibility index (Phi) is 3.61. The van der Waals surface area contributed by atoms with E-state index in [0.717, 1.165) is 12.1 Å². The summed E-state index contributed by atoms with van der Waals surface area (Å²) in [6.07, 6.45) is -1.40. The van der Waals surface area contributed by atoms with Gasteiger partial charge >= 0.3 is 6.18 Å². The molecule has 2 N–H and O–H groups in total. The minimum Gasteiger partial charge on any atom is -0.398 e. The van der Waals surface area contributed by atoms with Crippen LogP contribution in [-0.2, 0) is 6.18 Å². The van der Waals surface area contributed by atoms with Crippen molar-refractivity contribution in [3.8, 4) is 17.1 Å². The van der Waals surface area contributed by atoms with Crippen LogP contribution in [0, 0.1) is 0 Å². The molecular formula is C18H12F3N5. The lowest BCUT2D eigenvalue weighted by molar-refractivity contribution is -0.137. The average Bonchev–Trinajstić information content (AvgIpc) is 3.03. The van der Waals surface area contributed by atoms with Crippen LogP contribution in [0.3, 0.4) is 0 Å². The van der Waals surface area contributed by atoms with Gasteiger partial charge in [-0.1, -0.05) is 6.07 Å². The zero-order chi connectivity index (χ0) is 18.3. The minimum absolute atomic E-state index is 0.494. The van der Waals surface area contributed by atoms with E-state index in [1.807, 2.05) is 0 Å². The second-order valence-electron chi connectivity index (χ2n) is 5.64. The van der Waals surface area contributed by atoms with Crippen molar-refractivity contribution in [1.29, 1.82) is 0 Å². The maximum absolute atomic E-state index is 12.8. The summed E-state index contributed by atoms with van der Waals surface area (Å²) in [5.74, 6) is 0. The van der Waals surface area contributed by atoms with Gasteiger partial charge in [-0.2, -0.15) is 18.3 Å². The van der Waals surface area contributed by atoms with Crippen LogP contribution in [0.1, 0.15) is 5.56 Å². The number of benzene rings is 2. The zero-order valence-corrected chi connectivity index (χ0v) is 13.3. The van der Waals surface area contributed by atoms with Gasteiger partial charge in [-0.05, 0) is 42.5 Å². The summed E-state index contributed by atoms with van der Waals surface area (Å²) >= 11 is 0. The third-order valence-corrected chi connectivity index (χ3v) is 4.00. The van der Waals surface area contributed by atoms with Crippen molar-refractivity contribution in [2.45, 2.75) is 6.18 Å². The smallest absolute Gasteiger partial charge is 0.398 e. The lowest BCUT2D eigenvalue weighted by Gasteiger charge is -2.08. The molecule has 2 heterocycles. The fourth-order valence-electron chi connectivity index (χ4n) is 2.79. The predicted octanol–water partition coefficient (Wildman–Crippen LogP) is 4.08. The molecule has 0 bridgehead atoms. The standard InChI is InChI=1S/C18H12F3N5/c19-18(20,21)11-4-6-12(7-5-11)26-15-3-1-2-13(22)16(15)17(25-26)14-8-9-23-10-24-14/h1-10H,22H2. The van der Waals surface area contributed by atoms with E-state index in [4.69, 9.17) is 5.73 Å². The maximum atomic E-state index is 12.8. The molecule has 0 aliphatic carbocycles. The number of halogens is 3. The molecule has 4 aromatic rings. The third-order valence-electron chi connectivity index (χ3n) is 4.00. The molecule has 0 unspecified atom stereocenters. The van der Waals surface area contributed by atoms with Crippen LogP contribution in [0.25, 0.3) is 28.0 Å². The Morgan fingerprint density at radius 2 is 1.73 bits per heavy atom. The van der Waals surface area contributed by atoms with E-state index in [1.54, 1.807) is 35.1 Å². The van der Waals surface area contributed by atoms with Gasteiger partial charge in [-0.25, -0.2) is 14.6 Å². The summed E-state index contributed by atoms with van der Waals surface area (Å²) in [5.41, 5.74) is 8.21. The quantitative estimate of drug-likeness (QED) is 0.550. The fourth-order valence-corrected chi connectivity index (χ4v) is 2.79. The molecule has 0 saturated heterocycles. The topological polar surface area (TPSA) is 69.6 Å². The van der Waals surface area contributed by atoms with Gasteiger partial charge in [0, 0.05) is 11.9 Å². The first-order chi connectivity index (χ1) is 12.4. The number of hydrogen-bond acceptors (Lipinski definition) is 4. The van der Waals surface area contributed by atoms with Gasteiger partial charge in [0.05, 0.1) is 27.8 Å². The van der Waals surface area contributed by atoms with Gasteiger partial charge < -0.3 is 5.73 Å². The molecular weight excluding hydrogens is 343 g/mol. The van der Waals surface area contributed by atoms with Gasteiger partial charge in [0.15, 0.2) is 0 Å². The van der Waals surface area contributed by atoms with Gasteiger partial charge in [-0.3, -0.25) is 0 Å². The highest BCUT2D eigenvalue weighted by Gasteiger charge is 2.30. The number of hydrogen-bond donors (Lipinski definition) is 1. The van der Waals surface area contributed by atoms with Crippen LogP contribution in [0.5, 0.6) is 0 Å². The van der Waals surface area contributed by atoms with Crippen LogP contribution in [-0.4, -0.2) is 19.7 Å². The fraction of sp³-hybridized carbons (Fsp3) is 0.0556. The molecule has 0 saturated carbocycles. The molecule has 0 amide bonds. The number of nitrogen functional groups attached to an aromatic ring is 1. The van der Waals surface area contributed by atoms with Crippen molar-refractivity contribution in [2.24, 2.45) is 0 Å². The van der Waals surface area contributed by atoms with Gasteiger partial charge in [-0.15, -0.1) is 0 Å². The first-order valence-electron chi connectivity index (χ1n) is 7.66. The van der Waals surface area contributed by atoms with E-state index >= 15 is 0 Å². The van der Waals surface area contributed by atoms with E-state index in [2.05, 4.69) is 15.1 Å². The molecule has 5 nitrogen and oxygen atoms in total. The first-order valence-corrected chi connectivity index (χ1v) is 7.66. The zero-order valence-electron chi connectivity index (χ0n) is 13.3. The number of rotatable bonds is 2. The highest BCUT2D eigenvalue weighted by Crippen LogP contribution is 2.34. The predicted molar refractivity (Wildman–Crippen MR) is 91.5 cm³/mol. The van der Waals surface area contributed by atoms with Crippen LogP contribution in [0.4, 0.5) is 18.9 Å². The second-order valence-corrected chi connectivity index (χ2v) is 5.64. The van der Waals surface area contributed by atoms with Crippen LogP contribution in [0.15, 0.2) is 61.1 Å². The van der Waals surface area contributed by atoms with Crippen molar-refractivity contribution < 1.29 is 13.2 Å². The summed E-state index contributed by atoms with van der Waals surface area (Å²) in [5, 5.41) is 5.23. The monoisotopic (exact) mass is 355 g/mol. The molecule has 0 spiro atoms. The lowest BCUT2D eigenvalue weighted by Crippen LogP contribution is -2.05. The van der Waals surface area contributed by atoms with Crippen molar-refractivity contribution in [3.63, 3.8) is 0 Å². The summed E-state index contributed by atoms with van der Waals surface area (Å²) in [6.45, 7) is 0. The molecule has 130 valence electrons. The average molecular weight is 355 g/mol. The summed E-state index contributed by atoms with van der Waals surface area (Å²) < 4.78 is 40.0. The van der Waals surface area contributed by atoms with Crippen LogP contribution < -0.4 is 5.73 Å². The van der Waals surface area contributed by atoms with Crippen molar-refractivity contribution in [2.75, 3.05) is 5.73 Å². The molecule has 0 aliphatic rings. The first kappa shape index (κ1) is 16.1. The number of fused-ring (bicyclic) bond motifs is 1. The number of aromatic nitrogens is 4. The Balaban J connectivity index is 1.93. The number of alkyl halides is 3. The molecule has 8 heteroatoms. The summed E-state index contributed by atoms with van der Waals surface area (Å²) in [4.78, 5) is 8.09. The molecule has 0 atom stereocenters. The van der Waals surface area contributed by atoms with E-state index in [9.17, 15) is 13.2 Å². The van der Waals surface area contributed by atoms with Crippen LogP contribution in [0.2, 0.25) is 0 Å². The largest absolute Gasteiger partial charge is 0.416 e. The summed E-state index contributed by atoms with van der Waals surface area (Å²) in [7, 11) is 0. The highest BCUT2D eigenvalue weighted by molar-refractivity contribution is 6.01. The maximum Gasteiger partial charge on any atom is 0.416 e. The van der Waals surface area contributed by atoms with Crippen molar-refractivity contribution in [1.82, 2.24) is 19.7 Å². The lowest BCUT2D eigenvalue weighted by atomic mass is 10.1. The van der Waals surface area contributed by atoms with E-state index in [-0.39, 0.29) is 0 Å². The van der Waals surface area contributed by atoms with Gasteiger partial charge in [0.2, 0.25) is 0 Å². The van der Waals surface area contributed by atoms with Gasteiger partial charge in [0.1, 0.15) is 12.0 Å². The minimum atomic E-state index is -4.39. The normalized spacial score (nSPS) is 11.8. The van der Waals surface area contributed by atoms with Crippen molar-refractivity contribution in [3.05, 3.63) is 66.6 Å². The summed E-state index contributed by atoms with van der Waals surface area (Å²) in [6, 6.07) is 11.8. The molecule has 0 aliphatic heterocycles.